The van der Waals surface area contributed by atoms with E-state index in [1.54, 1.807) is 12.1 Å². The number of amides is 1. The number of ketones is 1. The molecular formula is C16H21NO5. The Hall–Kier alpha value is -2.37. The third-order valence-electron chi connectivity index (χ3n) is 3.18. The van der Waals surface area contributed by atoms with E-state index in [1.807, 2.05) is 6.92 Å². The number of unbranched alkanes of at least 4 members (excludes halogenated alkanes) is 1. The van der Waals surface area contributed by atoms with E-state index in [-0.39, 0.29) is 24.4 Å². The molecule has 22 heavy (non-hydrogen) atoms. The van der Waals surface area contributed by atoms with Crippen molar-refractivity contribution in [1.29, 1.82) is 0 Å². The van der Waals surface area contributed by atoms with Crippen LogP contribution in [0.25, 0.3) is 0 Å². The lowest BCUT2D eigenvalue weighted by Gasteiger charge is -2.14. The SMILES string of the molecule is CCCCC(=O)CC(=O)N[C@H](Cc1ccc(O)cc1)C(=O)O. The fraction of sp³-hybridized carbons (Fsp3) is 0.438. The maximum absolute atomic E-state index is 11.7. The number of carbonyl (C=O) groups excluding carboxylic acids is 2. The van der Waals surface area contributed by atoms with E-state index in [1.165, 1.54) is 12.1 Å². The van der Waals surface area contributed by atoms with Crippen LogP contribution in [0.4, 0.5) is 0 Å². The van der Waals surface area contributed by atoms with Gasteiger partial charge < -0.3 is 15.5 Å². The van der Waals surface area contributed by atoms with Gasteiger partial charge in [-0.05, 0) is 24.1 Å². The number of hydrogen-bond acceptors (Lipinski definition) is 4. The van der Waals surface area contributed by atoms with E-state index in [4.69, 9.17) is 5.11 Å². The van der Waals surface area contributed by atoms with Gasteiger partial charge in [-0.2, -0.15) is 0 Å². The fourth-order valence-corrected chi connectivity index (χ4v) is 1.95. The van der Waals surface area contributed by atoms with Crippen molar-refractivity contribution in [2.75, 3.05) is 0 Å². The van der Waals surface area contributed by atoms with E-state index in [2.05, 4.69) is 5.32 Å². The van der Waals surface area contributed by atoms with Gasteiger partial charge in [-0.1, -0.05) is 25.5 Å². The standard InChI is InChI=1S/C16H21NO5/c1-2-3-4-13(19)10-15(20)17-14(16(21)22)9-11-5-7-12(18)8-6-11/h5-8,14,18H,2-4,9-10H2,1H3,(H,17,20)(H,21,22)/t14-/m1/s1. The summed E-state index contributed by atoms with van der Waals surface area (Å²) in [5.74, 6) is -1.84. The van der Waals surface area contributed by atoms with Crippen LogP contribution in [0.15, 0.2) is 24.3 Å². The van der Waals surface area contributed by atoms with Crippen molar-refractivity contribution in [3.63, 3.8) is 0 Å². The topological polar surface area (TPSA) is 104 Å². The molecule has 1 atom stereocenters. The molecule has 0 heterocycles. The van der Waals surface area contributed by atoms with Crippen LogP contribution in [0, 0.1) is 0 Å². The summed E-state index contributed by atoms with van der Waals surface area (Å²) in [6.45, 7) is 1.95. The van der Waals surface area contributed by atoms with Crippen LogP contribution in [0.3, 0.4) is 0 Å². The van der Waals surface area contributed by atoms with Gasteiger partial charge in [0.1, 0.15) is 17.6 Å². The van der Waals surface area contributed by atoms with Gasteiger partial charge in [0.05, 0.1) is 6.42 Å². The number of carbonyl (C=O) groups is 3. The minimum atomic E-state index is -1.16. The molecule has 0 unspecified atom stereocenters. The van der Waals surface area contributed by atoms with Crippen molar-refractivity contribution in [1.82, 2.24) is 5.32 Å². The summed E-state index contributed by atoms with van der Waals surface area (Å²) in [6.07, 6.45) is 1.72. The number of aliphatic carboxylic acids is 1. The molecule has 6 heteroatoms. The van der Waals surface area contributed by atoms with Crippen molar-refractivity contribution in [2.24, 2.45) is 0 Å². The van der Waals surface area contributed by atoms with Gasteiger partial charge in [-0.25, -0.2) is 4.79 Å². The number of phenols is 1. The van der Waals surface area contributed by atoms with Crippen molar-refractivity contribution >= 4 is 17.7 Å². The number of aromatic hydroxyl groups is 1. The number of Topliss-reactive ketones (excluding diaryl/α,β-unsaturated/α-hetero) is 1. The summed E-state index contributed by atoms with van der Waals surface area (Å²) in [7, 11) is 0. The fourth-order valence-electron chi connectivity index (χ4n) is 1.95. The van der Waals surface area contributed by atoms with Crippen molar-refractivity contribution in [2.45, 2.75) is 45.1 Å². The number of carboxylic acid groups (broad SMARTS) is 1. The highest BCUT2D eigenvalue weighted by molar-refractivity contribution is 5.99. The number of benzene rings is 1. The zero-order valence-electron chi connectivity index (χ0n) is 12.5. The van der Waals surface area contributed by atoms with Crippen LogP contribution in [-0.4, -0.2) is 33.9 Å². The number of rotatable bonds is 9. The Labute approximate surface area is 129 Å². The molecule has 6 nitrogen and oxygen atoms in total. The van der Waals surface area contributed by atoms with Crippen molar-refractivity contribution in [3.05, 3.63) is 29.8 Å². The molecule has 1 amide bonds. The normalized spacial score (nSPS) is 11.7. The van der Waals surface area contributed by atoms with E-state index < -0.39 is 17.9 Å². The number of nitrogens with one attached hydrogen (secondary N) is 1. The third kappa shape index (κ3) is 6.39. The van der Waals surface area contributed by atoms with Crippen LogP contribution < -0.4 is 5.32 Å². The Kier molecular flexibility index (Phi) is 7.08. The lowest BCUT2D eigenvalue weighted by Crippen LogP contribution is -2.42. The summed E-state index contributed by atoms with van der Waals surface area (Å²) >= 11 is 0. The van der Waals surface area contributed by atoms with Gasteiger partial charge in [0.15, 0.2) is 0 Å². The molecule has 0 fully saturated rings. The molecule has 0 spiro atoms. The van der Waals surface area contributed by atoms with Gasteiger partial charge in [-0.3, -0.25) is 9.59 Å². The summed E-state index contributed by atoms with van der Waals surface area (Å²) in [5.41, 5.74) is 0.669. The highest BCUT2D eigenvalue weighted by atomic mass is 16.4. The van der Waals surface area contributed by atoms with Gasteiger partial charge in [0, 0.05) is 12.8 Å². The van der Waals surface area contributed by atoms with Crippen LogP contribution in [0.5, 0.6) is 5.75 Å². The second-order valence-corrected chi connectivity index (χ2v) is 5.15. The largest absolute Gasteiger partial charge is 0.508 e. The van der Waals surface area contributed by atoms with Gasteiger partial charge in [0.2, 0.25) is 5.91 Å². The first-order valence-electron chi connectivity index (χ1n) is 7.24. The first-order valence-corrected chi connectivity index (χ1v) is 7.24. The second-order valence-electron chi connectivity index (χ2n) is 5.15. The highest BCUT2D eigenvalue weighted by Crippen LogP contribution is 2.11. The first kappa shape index (κ1) is 17.7. The predicted octanol–water partition coefficient (Wildman–Crippen LogP) is 1.65. The molecule has 0 saturated heterocycles. The smallest absolute Gasteiger partial charge is 0.326 e. The molecule has 0 saturated carbocycles. The average Bonchev–Trinajstić information content (AvgIpc) is 2.46. The Morgan fingerprint density at radius 2 is 1.82 bits per heavy atom. The van der Waals surface area contributed by atoms with Crippen molar-refractivity contribution < 1.29 is 24.6 Å². The quantitative estimate of drug-likeness (QED) is 0.602. The molecule has 1 aromatic rings. The highest BCUT2D eigenvalue weighted by Gasteiger charge is 2.21. The number of hydrogen-bond donors (Lipinski definition) is 3. The molecule has 0 aromatic heterocycles. The summed E-state index contributed by atoms with van der Waals surface area (Å²) in [4.78, 5) is 34.5. The molecule has 120 valence electrons. The van der Waals surface area contributed by atoms with E-state index >= 15 is 0 Å². The first-order chi connectivity index (χ1) is 10.4. The van der Waals surface area contributed by atoms with Gasteiger partial charge >= 0.3 is 5.97 Å². The van der Waals surface area contributed by atoms with Crippen LogP contribution in [0.2, 0.25) is 0 Å². The van der Waals surface area contributed by atoms with E-state index in [0.29, 0.717) is 12.0 Å². The third-order valence-corrected chi connectivity index (χ3v) is 3.18. The Bertz CT molecular complexity index is 524. The number of phenolic OH excluding ortho intramolecular Hbond substituents is 1. The Morgan fingerprint density at radius 3 is 2.36 bits per heavy atom. The van der Waals surface area contributed by atoms with Crippen molar-refractivity contribution in [3.8, 4) is 5.75 Å². The maximum Gasteiger partial charge on any atom is 0.326 e. The summed E-state index contributed by atoms with van der Waals surface area (Å²) in [5, 5.41) is 20.7. The van der Waals surface area contributed by atoms with E-state index in [9.17, 15) is 19.5 Å². The lowest BCUT2D eigenvalue weighted by molar-refractivity contribution is -0.142. The number of carboxylic acids is 1. The van der Waals surface area contributed by atoms with E-state index in [0.717, 1.165) is 12.8 Å². The molecule has 3 N–H and O–H groups in total. The molecular weight excluding hydrogens is 286 g/mol. The zero-order valence-corrected chi connectivity index (χ0v) is 12.5. The Morgan fingerprint density at radius 1 is 1.18 bits per heavy atom. The summed E-state index contributed by atoms with van der Waals surface area (Å²) < 4.78 is 0. The molecule has 1 aromatic carbocycles. The second kappa shape index (κ2) is 8.81. The van der Waals surface area contributed by atoms with Crippen LogP contribution in [-0.2, 0) is 20.8 Å². The summed E-state index contributed by atoms with van der Waals surface area (Å²) in [6, 6.07) is 4.97. The molecule has 0 aliphatic heterocycles. The molecule has 0 aliphatic carbocycles. The molecule has 1 rings (SSSR count). The molecule has 0 aliphatic rings. The minimum Gasteiger partial charge on any atom is -0.508 e. The van der Waals surface area contributed by atoms with Crippen LogP contribution >= 0.6 is 0 Å². The molecule has 0 radical (unpaired) electrons. The molecule has 0 bridgehead atoms. The maximum atomic E-state index is 11.7. The predicted molar refractivity (Wildman–Crippen MR) is 80.5 cm³/mol. The zero-order chi connectivity index (χ0) is 16.5. The lowest BCUT2D eigenvalue weighted by atomic mass is 10.1. The minimum absolute atomic E-state index is 0.0844. The average molecular weight is 307 g/mol. The van der Waals surface area contributed by atoms with Gasteiger partial charge in [0.25, 0.3) is 0 Å². The monoisotopic (exact) mass is 307 g/mol. The van der Waals surface area contributed by atoms with Gasteiger partial charge in [-0.15, -0.1) is 0 Å². The Balaban J connectivity index is 2.56. The van der Waals surface area contributed by atoms with Crippen LogP contribution in [0.1, 0.15) is 38.2 Å².